The Kier molecular flexibility index (Phi) is 3.78. The van der Waals surface area contributed by atoms with Crippen molar-refractivity contribution in [2.24, 2.45) is 11.8 Å². The fourth-order valence-corrected chi connectivity index (χ4v) is 5.34. The molecule has 124 valence electrons. The summed E-state index contributed by atoms with van der Waals surface area (Å²) in [4.78, 5) is 27.7. The van der Waals surface area contributed by atoms with Crippen LogP contribution >= 0.6 is 0 Å². The van der Waals surface area contributed by atoms with E-state index in [2.05, 4.69) is 11.9 Å². The van der Waals surface area contributed by atoms with Crippen molar-refractivity contribution in [2.45, 2.75) is 63.5 Å². The summed E-state index contributed by atoms with van der Waals surface area (Å²) in [5.41, 5.74) is 1.71. The molecule has 4 nitrogen and oxygen atoms in total. The van der Waals surface area contributed by atoms with E-state index < -0.39 is 0 Å². The molecule has 2 saturated heterocycles. The number of carbonyl (C=O) groups excluding carboxylic acids is 2. The minimum Gasteiger partial charge on any atom is -0.349 e. The van der Waals surface area contributed by atoms with Crippen LogP contribution in [-0.2, 0) is 9.59 Å². The minimum atomic E-state index is 0.0371. The summed E-state index contributed by atoms with van der Waals surface area (Å²) in [6, 6.07) is 0.550. The molecule has 0 radical (unpaired) electrons. The molecule has 4 heteroatoms. The first kappa shape index (κ1) is 15.0. The highest BCUT2D eigenvalue weighted by molar-refractivity contribution is 6.08. The smallest absolute Gasteiger partial charge is 0.251 e. The van der Waals surface area contributed by atoms with Crippen LogP contribution in [0.2, 0.25) is 0 Å². The van der Waals surface area contributed by atoms with Gasteiger partial charge in [-0.1, -0.05) is 31.8 Å². The van der Waals surface area contributed by atoms with E-state index >= 15 is 0 Å². The van der Waals surface area contributed by atoms with Crippen LogP contribution in [0.4, 0.5) is 0 Å². The summed E-state index contributed by atoms with van der Waals surface area (Å²) >= 11 is 0. The Bertz CT molecular complexity index is 580. The molecular formula is C19H26N2O2. The Hall–Kier alpha value is -1.58. The van der Waals surface area contributed by atoms with Crippen molar-refractivity contribution in [1.29, 1.82) is 0 Å². The summed E-state index contributed by atoms with van der Waals surface area (Å²) in [6.07, 6.45) is 10.8. The standard InChI is InChI=1S/C19H26N2O2/c1-2-11-21-15-10-6-4-8-13(15)17(19(21)23)16-12-7-3-5-9-14(12)20-18(16)22/h2,12-15H,1,3-11H2,(H,20,22)/b17-16+. The van der Waals surface area contributed by atoms with Crippen LogP contribution in [-0.4, -0.2) is 35.3 Å². The predicted octanol–water partition coefficient (Wildman–Crippen LogP) is 2.56. The van der Waals surface area contributed by atoms with Crippen LogP contribution in [0.5, 0.6) is 0 Å². The maximum atomic E-state index is 13.1. The maximum absolute atomic E-state index is 13.1. The van der Waals surface area contributed by atoms with Gasteiger partial charge in [0.25, 0.3) is 5.91 Å². The number of carbonyl (C=O) groups is 2. The second-order valence-corrected chi connectivity index (χ2v) is 7.50. The molecule has 2 aliphatic carbocycles. The average Bonchev–Trinajstić information content (AvgIpc) is 3.02. The highest BCUT2D eigenvalue weighted by atomic mass is 16.2. The number of likely N-dealkylation sites (tertiary alicyclic amines) is 1. The van der Waals surface area contributed by atoms with Gasteiger partial charge in [0, 0.05) is 41.6 Å². The second kappa shape index (κ2) is 5.81. The normalized spacial score (nSPS) is 39.9. The van der Waals surface area contributed by atoms with Gasteiger partial charge in [-0.25, -0.2) is 0 Å². The molecule has 2 saturated carbocycles. The number of hydrogen-bond donors (Lipinski definition) is 1. The van der Waals surface area contributed by atoms with Gasteiger partial charge in [-0.3, -0.25) is 9.59 Å². The molecule has 0 aromatic heterocycles. The van der Waals surface area contributed by atoms with Crippen molar-refractivity contribution in [3.8, 4) is 0 Å². The Morgan fingerprint density at radius 1 is 1.00 bits per heavy atom. The third-order valence-corrected chi connectivity index (χ3v) is 6.31. The number of nitrogens with one attached hydrogen (secondary N) is 1. The summed E-state index contributed by atoms with van der Waals surface area (Å²) in [5.74, 6) is 0.673. The molecular weight excluding hydrogens is 288 g/mol. The Labute approximate surface area is 138 Å². The topological polar surface area (TPSA) is 49.4 Å². The van der Waals surface area contributed by atoms with E-state index in [1.807, 2.05) is 11.0 Å². The predicted molar refractivity (Wildman–Crippen MR) is 88.6 cm³/mol. The number of fused-ring (bicyclic) bond motifs is 2. The van der Waals surface area contributed by atoms with E-state index in [1.165, 1.54) is 25.7 Å². The van der Waals surface area contributed by atoms with E-state index in [1.54, 1.807) is 0 Å². The van der Waals surface area contributed by atoms with Gasteiger partial charge in [0.2, 0.25) is 5.91 Å². The minimum absolute atomic E-state index is 0.0371. The molecule has 0 aromatic carbocycles. The molecule has 2 amide bonds. The van der Waals surface area contributed by atoms with Crippen molar-refractivity contribution in [3.63, 3.8) is 0 Å². The first-order valence-corrected chi connectivity index (χ1v) is 9.19. The lowest BCUT2D eigenvalue weighted by Crippen LogP contribution is -2.36. The molecule has 4 rings (SSSR count). The van der Waals surface area contributed by atoms with E-state index in [0.29, 0.717) is 6.54 Å². The summed E-state index contributed by atoms with van der Waals surface area (Å²) in [7, 11) is 0. The molecule has 2 heterocycles. The molecule has 4 fully saturated rings. The van der Waals surface area contributed by atoms with E-state index in [4.69, 9.17) is 0 Å². The lowest BCUT2D eigenvalue weighted by atomic mass is 9.76. The van der Waals surface area contributed by atoms with Gasteiger partial charge in [0.05, 0.1) is 0 Å². The molecule has 0 aromatic rings. The van der Waals surface area contributed by atoms with Crippen molar-refractivity contribution < 1.29 is 9.59 Å². The first-order chi connectivity index (χ1) is 11.2. The highest BCUT2D eigenvalue weighted by Gasteiger charge is 2.50. The second-order valence-electron chi connectivity index (χ2n) is 7.50. The summed E-state index contributed by atoms with van der Waals surface area (Å²) in [6.45, 7) is 4.41. The van der Waals surface area contributed by atoms with E-state index in [0.717, 1.165) is 36.8 Å². The third-order valence-electron chi connectivity index (χ3n) is 6.31. The van der Waals surface area contributed by atoms with E-state index in [-0.39, 0.29) is 35.7 Å². The monoisotopic (exact) mass is 314 g/mol. The highest BCUT2D eigenvalue weighted by Crippen LogP contribution is 2.46. The van der Waals surface area contributed by atoms with Gasteiger partial charge in [-0.2, -0.15) is 0 Å². The number of amides is 2. The summed E-state index contributed by atoms with van der Waals surface area (Å²) < 4.78 is 0. The maximum Gasteiger partial charge on any atom is 0.251 e. The molecule has 4 atom stereocenters. The average molecular weight is 314 g/mol. The van der Waals surface area contributed by atoms with Crippen LogP contribution in [0.1, 0.15) is 51.4 Å². The molecule has 4 aliphatic rings. The van der Waals surface area contributed by atoms with Gasteiger partial charge in [-0.15, -0.1) is 6.58 Å². The van der Waals surface area contributed by atoms with Gasteiger partial charge in [0.15, 0.2) is 0 Å². The lowest BCUT2D eigenvalue weighted by molar-refractivity contribution is -0.126. The molecule has 2 aliphatic heterocycles. The molecule has 1 N–H and O–H groups in total. The quantitative estimate of drug-likeness (QED) is 0.629. The van der Waals surface area contributed by atoms with Crippen molar-refractivity contribution >= 4 is 11.8 Å². The Morgan fingerprint density at radius 2 is 1.70 bits per heavy atom. The number of rotatable bonds is 2. The van der Waals surface area contributed by atoms with Crippen LogP contribution in [0.3, 0.4) is 0 Å². The van der Waals surface area contributed by atoms with Crippen molar-refractivity contribution in [1.82, 2.24) is 10.2 Å². The van der Waals surface area contributed by atoms with Crippen LogP contribution in [0.25, 0.3) is 0 Å². The number of nitrogens with zero attached hydrogens (tertiary/aromatic N) is 1. The van der Waals surface area contributed by atoms with Gasteiger partial charge >= 0.3 is 0 Å². The zero-order valence-corrected chi connectivity index (χ0v) is 13.7. The lowest BCUT2D eigenvalue weighted by Gasteiger charge is -2.30. The van der Waals surface area contributed by atoms with Crippen molar-refractivity contribution in [3.05, 3.63) is 23.8 Å². The van der Waals surface area contributed by atoms with Gasteiger partial charge < -0.3 is 10.2 Å². The van der Waals surface area contributed by atoms with E-state index in [9.17, 15) is 9.59 Å². The van der Waals surface area contributed by atoms with Crippen LogP contribution < -0.4 is 5.32 Å². The van der Waals surface area contributed by atoms with Crippen molar-refractivity contribution in [2.75, 3.05) is 6.54 Å². The van der Waals surface area contributed by atoms with Gasteiger partial charge in [0.1, 0.15) is 0 Å². The molecule has 23 heavy (non-hydrogen) atoms. The summed E-state index contributed by atoms with van der Waals surface area (Å²) in [5, 5.41) is 3.16. The van der Waals surface area contributed by atoms with Crippen LogP contribution in [0, 0.1) is 11.8 Å². The zero-order chi connectivity index (χ0) is 16.0. The fourth-order valence-electron chi connectivity index (χ4n) is 5.34. The number of hydrogen-bond acceptors (Lipinski definition) is 2. The van der Waals surface area contributed by atoms with Gasteiger partial charge in [-0.05, 0) is 25.7 Å². The Balaban J connectivity index is 1.77. The first-order valence-electron chi connectivity index (χ1n) is 9.19. The molecule has 4 unspecified atom stereocenters. The Morgan fingerprint density at radius 3 is 2.48 bits per heavy atom. The fraction of sp³-hybridized carbons (Fsp3) is 0.684. The molecule has 0 bridgehead atoms. The third kappa shape index (κ3) is 2.26. The SMILES string of the molecule is C=CCN1C(=O)/C(=C2/C(=O)NC3CCCCC23)C2CCCCC21. The molecule has 0 spiro atoms. The zero-order valence-electron chi connectivity index (χ0n) is 13.7. The van der Waals surface area contributed by atoms with Crippen LogP contribution in [0.15, 0.2) is 23.8 Å². The largest absolute Gasteiger partial charge is 0.349 e.